The molecule has 0 aromatic heterocycles. The van der Waals surface area contributed by atoms with Gasteiger partial charge >= 0.3 is 65.1 Å². The Morgan fingerprint density at radius 1 is 0.692 bits per heavy atom. The molecule has 0 unspecified atom stereocenters. The Morgan fingerprint density at radius 3 is 1.38 bits per heavy atom. The topological polar surface area (TPSA) is 66.4 Å². The zero-order chi connectivity index (χ0) is 17.9. The molecule has 0 aliphatic carbocycles. The van der Waals surface area contributed by atoms with Crippen LogP contribution in [0.4, 0.5) is 0 Å². The summed E-state index contributed by atoms with van der Waals surface area (Å²) in [6.45, 7) is 2.00. The van der Waals surface area contributed by atoms with Crippen molar-refractivity contribution in [1.82, 2.24) is 5.32 Å². The summed E-state index contributed by atoms with van der Waals surface area (Å²) < 4.78 is 0. The maximum absolute atomic E-state index is 11.3. The van der Waals surface area contributed by atoms with E-state index in [1.807, 2.05) is 0 Å². The molecule has 0 aromatic rings. The first kappa shape index (κ1) is 31.6. The Balaban J connectivity index is -0.000000441. The number of carbonyl (C=O) groups is 2. The summed E-state index contributed by atoms with van der Waals surface area (Å²) in [6, 6.07) is 0. The predicted octanol–water partition coefficient (Wildman–Crippen LogP) is -0.318. The molecular weight excluding hydrogens is 348 g/mol. The van der Waals surface area contributed by atoms with Gasteiger partial charge in [0.25, 0.3) is 0 Å². The minimum absolute atomic E-state index is 0. The number of nitrogens with one attached hydrogen (secondary N) is 1. The minimum atomic E-state index is -0.986. The molecule has 0 saturated heterocycles. The molecule has 4 nitrogen and oxygen atoms in total. The average Bonchev–Trinajstić information content (AvgIpc) is 2.56. The molecule has 146 valence electrons. The number of unbranched alkanes of at least 4 members (excludes halogenated alkanes) is 14. The fourth-order valence-electron chi connectivity index (χ4n) is 2.92. The van der Waals surface area contributed by atoms with Crippen LogP contribution >= 0.6 is 0 Å². The summed E-state index contributed by atoms with van der Waals surface area (Å²) in [5.41, 5.74) is 0. The summed E-state index contributed by atoms with van der Waals surface area (Å²) in [7, 11) is 0. The molecule has 0 bridgehead atoms. The smallest absolute Gasteiger partial charge is 1.00 e. The summed E-state index contributed by atoms with van der Waals surface area (Å²) in [5, 5.41) is 10.8. The molecule has 26 heavy (non-hydrogen) atoms. The van der Waals surface area contributed by atoms with Gasteiger partial charge in [0.15, 0.2) is 0 Å². The van der Waals surface area contributed by atoms with Crippen LogP contribution in [0.25, 0.3) is 0 Å². The van der Waals surface area contributed by atoms with Crippen molar-refractivity contribution in [1.29, 1.82) is 0 Å². The zero-order valence-electron chi connectivity index (χ0n) is 19.8. The Kier molecular flexibility index (Phi) is 31.6. The summed E-state index contributed by atoms with van der Waals surface area (Å²) >= 11 is 0. The summed E-state index contributed by atoms with van der Waals surface area (Å²) in [4.78, 5) is 21.6. The van der Waals surface area contributed by atoms with Crippen molar-refractivity contribution in [3.05, 3.63) is 0 Å². The van der Waals surface area contributed by atoms with E-state index in [2.05, 4.69) is 12.2 Å². The molecule has 2 N–H and O–H groups in total. The van der Waals surface area contributed by atoms with Crippen LogP contribution in [0.1, 0.15) is 113 Å². The maximum atomic E-state index is 11.3. The van der Waals surface area contributed by atoms with Gasteiger partial charge in [0.1, 0.15) is 6.54 Å². The number of carboxylic acids is 1. The molecule has 0 aliphatic rings. The van der Waals surface area contributed by atoms with Gasteiger partial charge in [-0.05, 0) is 6.42 Å². The number of carbonyl (C=O) groups excluding carboxylic acids is 1. The van der Waals surface area contributed by atoms with E-state index in [4.69, 9.17) is 5.11 Å². The molecule has 0 atom stereocenters. The normalized spacial score (nSPS) is 9.88. The van der Waals surface area contributed by atoms with E-state index in [0.717, 1.165) is 12.8 Å². The molecule has 0 radical (unpaired) electrons. The number of aliphatic carboxylic acids is 1. The molecule has 0 rings (SSSR count). The van der Waals surface area contributed by atoms with Crippen LogP contribution in [0.3, 0.4) is 0 Å². The van der Waals surface area contributed by atoms with Gasteiger partial charge in [0.2, 0.25) is 5.91 Å². The van der Waals surface area contributed by atoms with Gasteiger partial charge in [-0.25, -0.2) is 0 Å². The SMILES string of the molecule is CCCCCCCCCCCCCCCCCC(=O)NCC(=O)O.[H-].[H-].[Na+].[Na+]. The van der Waals surface area contributed by atoms with Gasteiger partial charge in [-0.15, -0.1) is 0 Å². The van der Waals surface area contributed by atoms with Crippen molar-refractivity contribution in [2.45, 2.75) is 110 Å². The third-order valence-electron chi connectivity index (χ3n) is 4.44. The number of amides is 1. The first-order chi connectivity index (χ1) is 11.7. The second kappa shape index (κ2) is 25.9. The van der Waals surface area contributed by atoms with Crippen molar-refractivity contribution in [3.8, 4) is 0 Å². The largest absolute Gasteiger partial charge is 1.00 e. The molecular formula is C20H41NNa2O3. The quantitative estimate of drug-likeness (QED) is 0.249. The van der Waals surface area contributed by atoms with Gasteiger partial charge in [-0.3, -0.25) is 9.59 Å². The van der Waals surface area contributed by atoms with Crippen LogP contribution in [-0.4, -0.2) is 23.5 Å². The molecule has 0 spiro atoms. The first-order valence-corrected chi connectivity index (χ1v) is 10.1. The van der Waals surface area contributed by atoms with Gasteiger partial charge < -0.3 is 13.3 Å². The monoisotopic (exact) mass is 389 g/mol. The van der Waals surface area contributed by atoms with Crippen LogP contribution in [0.5, 0.6) is 0 Å². The van der Waals surface area contributed by atoms with Gasteiger partial charge in [-0.2, -0.15) is 0 Å². The molecule has 0 aliphatic heterocycles. The number of hydrogen-bond acceptors (Lipinski definition) is 2. The van der Waals surface area contributed by atoms with E-state index in [-0.39, 0.29) is 74.4 Å². The molecule has 1 amide bonds. The molecule has 0 fully saturated rings. The number of rotatable bonds is 18. The van der Waals surface area contributed by atoms with E-state index in [0.29, 0.717) is 6.42 Å². The van der Waals surface area contributed by atoms with Crippen LogP contribution in [-0.2, 0) is 9.59 Å². The molecule has 0 heterocycles. The standard InChI is InChI=1S/C20H39NO3.2Na.2H/c1-2-3-4-5-6-7-8-9-10-11-12-13-14-15-16-17-19(22)21-18-20(23)24;;;;/h2-18H2,1H3,(H,21,22)(H,23,24);;;;/q;2*+1;2*-1. The Labute approximate surface area is 208 Å². The van der Waals surface area contributed by atoms with E-state index < -0.39 is 5.97 Å². The van der Waals surface area contributed by atoms with E-state index in [1.54, 1.807) is 0 Å². The van der Waals surface area contributed by atoms with Gasteiger partial charge in [0, 0.05) is 6.42 Å². The number of carboxylic acid groups (broad SMARTS) is 1. The maximum Gasteiger partial charge on any atom is 1.00 e. The second-order valence-electron chi connectivity index (χ2n) is 6.87. The third-order valence-corrected chi connectivity index (χ3v) is 4.44. The van der Waals surface area contributed by atoms with Gasteiger partial charge in [-0.1, -0.05) is 96.8 Å². The van der Waals surface area contributed by atoms with Crippen LogP contribution < -0.4 is 64.4 Å². The summed E-state index contributed by atoms with van der Waals surface area (Å²) in [6.07, 6.45) is 20.0. The second-order valence-corrected chi connectivity index (χ2v) is 6.87. The van der Waals surface area contributed by atoms with Crippen LogP contribution in [0.15, 0.2) is 0 Å². The molecule has 0 saturated carbocycles. The Bertz CT molecular complexity index is 326. The third kappa shape index (κ3) is 27.2. The number of hydrogen-bond donors (Lipinski definition) is 2. The van der Waals surface area contributed by atoms with Crippen molar-refractivity contribution in [2.75, 3.05) is 6.54 Å². The van der Waals surface area contributed by atoms with Crippen molar-refractivity contribution in [3.63, 3.8) is 0 Å². The van der Waals surface area contributed by atoms with E-state index in [9.17, 15) is 9.59 Å². The van der Waals surface area contributed by atoms with Crippen LogP contribution in [0.2, 0.25) is 0 Å². The molecule has 6 heteroatoms. The van der Waals surface area contributed by atoms with E-state index in [1.165, 1.54) is 83.5 Å². The van der Waals surface area contributed by atoms with Gasteiger partial charge in [0.05, 0.1) is 0 Å². The fourth-order valence-corrected chi connectivity index (χ4v) is 2.92. The fraction of sp³-hybridized carbons (Fsp3) is 0.900. The average molecular weight is 390 g/mol. The van der Waals surface area contributed by atoms with E-state index >= 15 is 0 Å². The first-order valence-electron chi connectivity index (χ1n) is 10.1. The molecule has 0 aromatic carbocycles. The van der Waals surface area contributed by atoms with Crippen molar-refractivity contribution >= 4 is 11.9 Å². The van der Waals surface area contributed by atoms with Crippen LogP contribution in [0, 0.1) is 0 Å². The van der Waals surface area contributed by atoms with Crippen molar-refractivity contribution in [2.24, 2.45) is 0 Å². The van der Waals surface area contributed by atoms with Crippen molar-refractivity contribution < 1.29 is 76.7 Å². The summed E-state index contributed by atoms with van der Waals surface area (Å²) in [5.74, 6) is -1.13. The minimum Gasteiger partial charge on any atom is -1.00 e. The Morgan fingerprint density at radius 2 is 1.04 bits per heavy atom. The predicted molar refractivity (Wildman–Crippen MR) is 102 cm³/mol. The zero-order valence-corrected chi connectivity index (χ0v) is 21.8. The Hall–Kier alpha value is 0.940.